The summed E-state index contributed by atoms with van der Waals surface area (Å²) in [5.41, 5.74) is 0.767. The number of hydrogen-bond acceptors (Lipinski definition) is 4. The summed E-state index contributed by atoms with van der Waals surface area (Å²) in [7, 11) is 0. The maximum atomic E-state index is 12.2. The van der Waals surface area contributed by atoms with Gasteiger partial charge >= 0.3 is 0 Å². The molecule has 0 bridgehead atoms. The number of carbonyl (C=O) groups is 1. The lowest BCUT2D eigenvalue weighted by molar-refractivity contribution is 0.0707. The van der Waals surface area contributed by atoms with Crippen molar-refractivity contribution in [3.63, 3.8) is 0 Å². The lowest BCUT2D eigenvalue weighted by Crippen LogP contribution is -2.38. The van der Waals surface area contributed by atoms with Crippen LogP contribution in [-0.4, -0.2) is 32.1 Å². The Hall–Kier alpha value is -1.69. The molecule has 0 saturated heterocycles. The van der Waals surface area contributed by atoms with Gasteiger partial charge in [-0.25, -0.2) is 0 Å². The molecule has 1 amide bonds. The van der Waals surface area contributed by atoms with E-state index in [9.17, 15) is 4.79 Å². The molecule has 3 rings (SSSR count). The number of aryl methyl sites for hydroxylation is 1. The SMILES string of the molecule is CCc1nnc2n1CCN(C(=O)c1ccsc1)C2. The van der Waals surface area contributed by atoms with Crippen LogP contribution in [0.1, 0.15) is 28.9 Å². The number of thiophene rings is 1. The van der Waals surface area contributed by atoms with E-state index in [2.05, 4.69) is 21.7 Å². The van der Waals surface area contributed by atoms with E-state index in [-0.39, 0.29) is 5.91 Å². The van der Waals surface area contributed by atoms with Gasteiger partial charge in [0.05, 0.1) is 12.1 Å². The van der Waals surface area contributed by atoms with Gasteiger partial charge in [-0.15, -0.1) is 10.2 Å². The van der Waals surface area contributed by atoms with Crippen LogP contribution in [0, 0.1) is 0 Å². The van der Waals surface area contributed by atoms with Gasteiger partial charge in [0.15, 0.2) is 5.82 Å². The summed E-state index contributed by atoms with van der Waals surface area (Å²) in [5.74, 6) is 1.98. The predicted octanol–water partition coefficient (Wildman–Crippen LogP) is 1.56. The molecule has 5 nitrogen and oxygen atoms in total. The van der Waals surface area contributed by atoms with Gasteiger partial charge in [-0.05, 0) is 11.4 Å². The van der Waals surface area contributed by atoms with E-state index in [0.717, 1.165) is 36.7 Å². The standard InChI is InChI=1S/C12H14N4OS/c1-2-10-13-14-11-7-15(4-5-16(10)11)12(17)9-3-6-18-8-9/h3,6,8H,2,4-5,7H2,1H3. The third kappa shape index (κ3) is 1.82. The van der Waals surface area contributed by atoms with Crippen LogP contribution in [0.3, 0.4) is 0 Å². The summed E-state index contributed by atoms with van der Waals surface area (Å²) in [5, 5.41) is 12.1. The summed E-state index contributed by atoms with van der Waals surface area (Å²) in [4.78, 5) is 14.1. The molecule has 0 N–H and O–H groups in total. The molecule has 6 heteroatoms. The molecule has 0 spiro atoms. The molecule has 3 heterocycles. The topological polar surface area (TPSA) is 51.0 Å². The van der Waals surface area contributed by atoms with Gasteiger partial charge in [0.2, 0.25) is 0 Å². The van der Waals surface area contributed by atoms with Crippen LogP contribution < -0.4 is 0 Å². The Kier molecular flexibility index (Phi) is 2.87. The summed E-state index contributed by atoms with van der Waals surface area (Å²) in [6.45, 7) is 4.15. The monoisotopic (exact) mass is 262 g/mol. The summed E-state index contributed by atoms with van der Waals surface area (Å²) >= 11 is 1.54. The number of aromatic nitrogens is 3. The van der Waals surface area contributed by atoms with Crippen molar-refractivity contribution in [3.8, 4) is 0 Å². The average Bonchev–Trinajstić information content (AvgIpc) is 3.06. The summed E-state index contributed by atoms with van der Waals surface area (Å²) in [6, 6.07) is 1.86. The molecular formula is C12H14N4OS. The van der Waals surface area contributed by atoms with Crippen molar-refractivity contribution in [1.82, 2.24) is 19.7 Å². The first-order chi connectivity index (χ1) is 8.79. The van der Waals surface area contributed by atoms with Crippen LogP contribution in [-0.2, 0) is 19.5 Å². The molecule has 0 aromatic carbocycles. The molecule has 0 unspecified atom stereocenters. The van der Waals surface area contributed by atoms with Crippen molar-refractivity contribution >= 4 is 17.2 Å². The number of fused-ring (bicyclic) bond motifs is 1. The van der Waals surface area contributed by atoms with Crippen molar-refractivity contribution in [2.45, 2.75) is 26.4 Å². The molecule has 2 aromatic rings. The quantitative estimate of drug-likeness (QED) is 0.825. The minimum absolute atomic E-state index is 0.0866. The van der Waals surface area contributed by atoms with Crippen molar-refractivity contribution in [2.75, 3.05) is 6.54 Å². The van der Waals surface area contributed by atoms with E-state index in [1.54, 1.807) is 11.3 Å². The Morgan fingerprint density at radius 1 is 1.44 bits per heavy atom. The third-order valence-corrected chi connectivity index (χ3v) is 3.88. The van der Waals surface area contributed by atoms with Crippen LogP contribution in [0.2, 0.25) is 0 Å². The highest BCUT2D eigenvalue weighted by atomic mass is 32.1. The van der Waals surface area contributed by atoms with Crippen LogP contribution in [0.5, 0.6) is 0 Å². The highest BCUT2D eigenvalue weighted by Gasteiger charge is 2.24. The molecule has 0 saturated carbocycles. The zero-order valence-corrected chi connectivity index (χ0v) is 11.0. The fourth-order valence-electron chi connectivity index (χ4n) is 2.22. The van der Waals surface area contributed by atoms with E-state index in [0.29, 0.717) is 6.54 Å². The minimum atomic E-state index is 0.0866. The zero-order valence-electron chi connectivity index (χ0n) is 10.2. The summed E-state index contributed by atoms with van der Waals surface area (Å²) in [6.07, 6.45) is 0.880. The maximum Gasteiger partial charge on any atom is 0.255 e. The van der Waals surface area contributed by atoms with Gasteiger partial charge in [-0.3, -0.25) is 4.79 Å². The van der Waals surface area contributed by atoms with Gasteiger partial charge in [0, 0.05) is 24.9 Å². The van der Waals surface area contributed by atoms with Crippen LogP contribution >= 0.6 is 11.3 Å². The molecule has 18 heavy (non-hydrogen) atoms. The minimum Gasteiger partial charge on any atom is -0.329 e. The van der Waals surface area contributed by atoms with Crippen LogP contribution in [0.15, 0.2) is 16.8 Å². The second kappa shape index (κ2) is 4.53. The van der Waals surface area contributed by atoms with E-state index in [1.807, 2.05) is 21.7 Å². The third-order valence-electron chi connectivity index (χ3n) is 3.20. The molecule has 1 aliphatic rings. The Bertz CT molecular complexity index is 561. The predicted molar refractivity (Wildman–Crippen MR) is 68.5 cm³/mol. The van der Waals surface area contributed by atoms with Gasteiger partial charge in [0.25, 0.3) is 5.91 Å². The van der Waals surface area contributed by atoms with Crippen LogP contribution in [0.4, 0.5) is 0 Å². The van der Waals surface area contributed by atoms with E-state index >= 15 is 0 Å². The van der Waals surface area contributed by atoms with Gasteiger partial charge in [0.1, 0.15) is 5.82 Å². The lowest BCUT2D eigenvalue weighted by atomic mass is 10.2. The number of hydrogen-bond donors (Lipinski definition) is 0. The van der Waals surface area contributed by atoms with Crippen LogP contribution in [0.25, 0.3) is 0 Å². The molecule has 0 aliphatic carbocycles. The Morgan fingerprint density at radius 3 is 3.06 bits per heavy atom. The Morgan fingerprint density at radius 2 is 2.33 bits per heavy atom. The summed E-state index contributed by atoms with van der Waals surface area (Å²) < 4.78 is 2.12. The normalized spacial score (nSPS) is 14.6. The molecule has 0 atom stereocenters. The second-order valence-corrected chi connectivity index (χ2v) is 5.06. The maximum absolute atomic E-state index is 12.2. The first kappa shape index (κ1) is 11.4. The molecule has 2 aromatic heterocycles. The number of carbonyl (C=O) groups excluding carboxylic acids is 1. The van der Waals surface area contributed by atoms with Crippen molar-refractivity contribution in [1.29, 1.82) is 0 Å². The second-order valence-electron chi connectivity index (χ2n) is 4.28. The average molecular weight is 262 g/mol. The number of rotatable bonds is 2. The fourth-order valence-corrected chi connectivity index (χ4v) is 2.85. The highest BCUT2D eigenvalue weighted by molar-refractivity contribution is 7.08. The van der Waals surface area contributed by atoms with E-state index in [1.165, 1.54) is 0 Å². The highest BCUT2D eigenvalue weighted by Crippen LogP contribution is 2.16. The first-order valence-corrected chi connectivity index (χ1v) is 6.96. The first-order valence-electron chi connectivity index (χ1n) is 6.02. The van der Waals surface area contributed by atoms with Crippen molar-refractivity contribution < 1.29 is 4.79 Å². The van der Waals surface area contributed by atoms with E-state index in [4.69, 9.17) is 0 Å². The Balaban J connectivity index is 1.81. The van der Waals surface area contributed by atoms with Crippen molar-refractivity contribution in [3.05, 3.63) is 34.0 Å². The molecular weight excluding hydrogens is 248 g/mol. The number of amides is 1. The van der Waals surface area contributed by atoms with Crippen molar-refractivity contribution in [2.24, 2.45) is 0 Å². The zero-order chi connectivity index (χ0) is 12.5. The van der Waals surface area contributed by atoms with E-state index < -0.39 is 0 Å². The Labute approximate surface area is 109 Å². The molecule has 94 valence electrons. The largest absolute Gasteiger partial charge is 0.329 e. The van der Waals surface area contributed by atoms with Gasteiger partial charge in [-0.2, -0.15) is 11.3 Å². The van der Waals surface area contributed by atoms with Gasteiger partial charge < -0.3 is 9.47 Å². The molecule has 0 fully saturated rings. The van der Waals surface area contributed by atoms with Gasteiger partial charge in [-0.1, -0.05) is 6.92 Å². The fraction of sp³-hybridized carbons (Fsp3) is 0.417. The molecule has 1 aliphatic heterocycles. The number of nitrogens with zero attached hydrogens (tertiary/aromatic N) is 4. The lowest BCUT2D eigenvalue weighted by Gasteiger charge is -2.27. The smallest absolute Gasteiger partial charge is 0.255 e. The molecule has 0 radical (unpaired) electrons.